The number of anilines is 4. The summed E-state index contributed by atoms with van der Waals surface area (Å²) in [4.78, 5) is 47.0. The molecule has 13 nitrogen and oxygen atoms in total. The Morgan fingerprint density at radius 1 is 1.06 bits per heavy atom. The van der Waals surface area contributed by atoms with Crippen molar-refractivity contribution in [3.8, 4) is 28.4 Å². The largest absolute Gasteiger partial charge is 0.573 e. The second-order valence-corrected chi connectivity index (χ2v) is 12.2. The molecule has 0 bridgehead atoms. The van der Waals surface area contributed by atoms with E-state index in [-0.39, 0.29) is 35.8 Å². The van der Waals surface area contributed by atoms with E-state index in [0.717, 1.165) is 24.0 Å². The number of rotatable bonds is 7. The van der Waals surface area contributed by atoms with Gasteiger partial charge in [-0.3, -0.25) is 19.3 Å². The second kappa shape index (κ2) is 12.8. The number of alkyl halides is 3. The van der Waals surface area contributed by atoms with Gasteiger partial charge in [0.25, 0.3) is 0 Å². The van der Waals surface area contributed by atoms with Crippen LogP contribution in [0.1, 0.15) is 36.9 Å². The van der Waals surface area contributed by atoms with Crippen LogP contribution in [0.15, 0.2) is 67.3 Å². The van der Waals surface area contributed by atoms with E-state index in [1.54, 1.807) is 37.3 Å². The summed E-state index contributed by atoms with van der Waals surface area (Å²) >= 11 is 0. The smallest absolute Gasteiger partial charge is 0.405 e. The van der Waals surface area contributed by atoms with Crippen LogP contribution in [-0.2, 0) is 11.3 Å². The molecule has 0 atom stereocenters. The van der Waals surface area contributed by atoms with Crippen LogP contribution in [0.2, 0.25) is 0 Å². The van der Waals surface area contributed by atoms with Crippen LogP contribution < -0.4 is 19.9 Å². The summed E-state index contributed by atoms with van der Waals surface area (Å²) in [7, 11) is 1.65. The molecule has 0 spiro atoms. The molecule has 3 aromatic heterocycles. The first-order valence-electron chi connectivity index (χ1n) is 15.9. The zero-order chi connectivity index (χ0) is 35.2. The van der Waals surface area contributed by atoms with Crippen LogP contribution in [0.3, 0.4) is 0 Å². The number of likely N-dealkylation sites (tertiary alicyclic amines) is 1. The highest BCUT2D eigenvalue weighted by Gasteiger charge is 2.33. The van der Waals surface area contributed by atoms with E-state index >= 15 is 0 Å². The number of aromatic nitrogens is 6. The van der Waals surface area contributed by atoms with E-state index in [4.69, 9.17) is 0 Å². The lowest BCUT2D eigenvalue weighted by molar-refractivity contribution is -0.274. The van der Waals surface area contributed by atoms with Gasteiger partial charge in [0.05, 0.1) is 36.4 Å². The number of piperidine rings is 1. The number of benzene rings is 2. The second-order valence-electron chi connectivity index (χ2n) is 12.2. The summed E-state index contributed by atoms with van der Waals surface area (Å²) in [5, 5.41) is 7.69. The van der Waals surface area contributed by atoms with Crippen molar-refractivity contribution in [2.24, 2.45) is 0 Å². The molecule has 1 saturated heterocycles. The molecular formula is C34H33F3N10O3. The summed E-state index contributed by atoms with van der Waals surface area (Å²) in [6.07, 6.45) is 3.50. The highest BCUT2D eigenvalue weighted by Crippen LogP contribution is 2.36. The predicted octanol–water partition coefficient (Wildman–Crippen LogP) is 6.44. The number of imidazole rings is 1. The number of halogens is 3. The minimum absolute atomic E-state index is 0.0835. The van der Waals surface area contributed by atoms with Gasteiger partial charge in [-0.2, -0.15) is 10.1 Å². The van der Waals surface area contributed by atoms with Gasteiger partial charge < -0.3 is 19.9 Å². The molecule has 0 saturated carbocycles. The maximum Gasteiger partial charge on any atom is 0.573 e. The Morgan fingerprint density at radius 2 is 1.84 bits per heavy atom. The lowest BCUT2D eigenvalue weighted by atomic mass is 10.1. The van der Waals surface area contributed by atoms with Crippen molar-refractivity contribution in [3.63, 3.8) is 0 Å². The fourth-order valence-corrected chi connectivity index (χ4v) is 6.29. The Kier molecular flexibility index (Phi) is 8.37. The molecule has 50 heavy (non-hydrogen) atoms. The van der Waals surface area contributed by atoms with Crippen LogP contribution in [-0.4, -0.2) is 73.1 Å². The van der Waals surface area contributed by atoms with Gasteiger partial charge in [0.1, 0.15) is 17.4 Å². The zero-order valence-corrected chi connectivity index (χ0v) is 27.4. The molecule has 0 aliphatic carbocycles. The van der Waals surface area contributed by atoms with Gasteiger partial charge in [0.15, 0.2) is 0 Å². The van der Waals surface area contributed by atoms with Crippen molar-refractivity contribution in [2.75, 3.05) is 35.3 Å². The Balaban J connectivity index is 1.08. The van der Waals surface area contributed by atoms with Crippen LogP contribution in [0.4, 0.5) is 41.1 Å². The molecule has 5 heterocycles. The lowest BCUT2D eigenvalue weighted by Crippen LogP contribution is -2.46. The van der Waals surface area contributed by atoms with Gasteiger partial charge >= 0.3 is 12.4 Å². The van der Waals surface area contributed by atoms with Crippen molar-refractivity contribution in [3.05, 3.63) is 78.4 Å². The third-order valence-electron chi connectivity index (χ3n) is 8.90. The number of aryl methyl sites for hydroxylation is 1. The number of H-pyrrole nitrogens is 1. The molecule has 258 valence electrons. The van der Waals surface area contributed by atoms with Gasteiger partial charge in [-0.15, -0.1) is 13.2 Å². The van der Waals surface area contributed by atoms with Crippen molar-refractivity contribution < 1.29 is 27.5 Å². The fourth-order valence-electron chi connectivity index (χ4n) is 6.29. The molecule has 0 unspecified atom stereocenters. The SMILES string of the molecule is CC(=O)N1CCC(n2cc(Nc3ncc4c(n3)N(C)C(=O)N(c3cc(-c5ncc(-c6ccccc6OC(F)(F)F)[nH]5)ccc3C)C4)cn2)CC1. The predicted molar refractivity (Wildman–Crippen MR) is 179 cm³/mol. The Morgan fingerprint density at radius 3 is 2.60 bits per heavy atom. The highest BCUT2D eigenvalue weighted by molar-refractivity contribution is 6.05. The van der Waals surface area contributed by atoms with E-state index in [1.165, 1.54) is 29.3 Å². The first-order valence-corrected chi connectivity index (χ1v) is 15.9. The van der Waals surface area contributed by atoms with Crippen LogP contribution in [0.25, 0.3) is 22.6 Å². The highest BCUT2D eigenvalue weighted by atomic mass is 19.4. The molecule has 3 amide bonds. The van der Waals surface area contributed by atoms with E-state index < -0.39 is 6.36 Å². The molecule has 16 heteroatoms. The zero-order valence-electron chi connectivity index (χ0n) is 27.4. The van der Waals surface area contributed by atoms with Gasteiger partial charge in [-0.1, -0.05) is 24.3 Å². The number of carbonyl (C=O) groups excluding carboxylic acids is 2. The Hall–Kier alpha value is -5.93. The van der Waals surface area contributed by atoms with Crippen LogP contribution >= 0.6 is 0 Å². The summed E-state index contributed by atoms with van der Waals surface area (Å²) < 4.78 is 45.1. The lowest BCUT2D eigenvalue weighted by Gasteiger charge is -2.35. The van der Waals surface area contributed by atoms with E-state index in [9.17, 15) is 22.8 Å². The van der Waals surface area contributed by atoms with Gasteiger partial charge in [0.2, 0.25) is 11.9 Å². The van der Waals surface area contributed by atoms with Crippen LogP contribution in [0, 0.1) is 6.92 Å². The topological polar surface area (TPSA) is 137 Å². The summed E-state index contributed by atoms with van der Waals surface area (Å²) in [6, 6.07) is 11.2. The third-order valence-corrected chi connectivity index (χ3v) is 8.90. The number of fused-ring (bicyclic) bond motifs is 1. The molecule has 0 radical (unpaired) electrons. The van der Waals surface area contributed by atoms with E-state index in [1.807, 2.05) is 40.9 Å². The molecule has 7 rings (SSSR count). The van der Waals surface area contributed by atoms with Gasteiger partial charge in [0, 0.05) is 61.8 Å². The number of urea groups is 1. The molecule has 2 N–H and O–H groups in total. The van der Waals surface area contributed by atoms with Gasteiger partial charge in [-0.05, 0) is 43.5 Å². The maximum absolute atomic E-state index is 13.7. The maximum atomic E-state index is 13.7. The molecule has 2 aromatic carbocycles. The molecule has 5 aromatic rings. The van der Waals surface area contributed by atoms with Crippen molar-refractivity contribution in [1.82, 2.24) is 34.6 Å². The van der Waals surface area contributed by atoms with Crippen molar-refractivity contribution >= 4 is 35.1 Å². The number of hydrogen-bond acceptors (Lipinski definition) is 8. The Bertz CT molecular complexity index is 2070. The number of carbonyl (C=O) groups is 2. The standard InChI is InChI=1S/C34H33F3N10O3/c1-20-8-9-22(30-38-17-27(42-30)26-6-4-5-7-29(26)50-34(35,36)37)14-28(20)46-18-23-15-39-32(43-31(23)44(3)33(46)49)41-24-16-40-47(19-24)25-10-12-45(13-11-25)21(2)48/h4-9,14-17,19,25H,10-13,18H2,1-3H3,(H,38,42)(H,39,41,43). The fraction of sp³-hybridized carbons (Fsp3) is 0.294. The summed E-state index contributed by atoms with van der Waals surface area (Å²) in [5.74, 6) is 0.929. The molecular weight excluding hydrogens is 653 g/mol. The average molecular weight is 687 g/mol. The number of ether oxygens (including phenoxy) is 1. The van der Waals surface area contributed by atoms with Crippen molar-refractivity contribution in [1.29, 1.82) is 0 Å². The first kappa shape index (κ1) is 32.6. The quantitative estimate of drug-likeness (QED) is 0.200. The summed E-state index contributed by atoms with van der Waals surface area (Å²) in [6.45, 7) is 5.08. The van der Waals surface area contributed by atoms with E-state index in [2.05, 4.69) is 35.1 Å². The number of para-hydroxylation sites is 1. The Labute approximate surface area is 284 Å². The number of aromatic amines is 1. The summed E-state index contributed by atoms with van der Waals surface area (Å²) in [5.41, 5.74) is 4.08. The first-order chi connectivity index (χ1) is 23.9. The number of nitrogens with zero attached hydrogens (tertiary/aromatic N) is 8. The minimum Gasteiger partial charge on any atom is -0.405 e. The molecule has 2 aliphatic rings. The monoisotopic (exact) mass is 686 g/mol. The average Bonchev–Trinajstić information content (AvgIpc) is 3.77. The normalized spacial score (nSPS) is 15.3. The third kappa shape index (κ3) is 6.55. The minimum atomic E-state index is -4.85. The number of amides is 3. The molecule has 2 aliphatic heterocycles. The van der Waals surface area contributed by atoms with E-state index in [0.29, 0.717) is 53.3 Å². The van der Waals surface area contributed by atoms with Gasteiger partial charge in [-0.25, -0.2) is 14.8 Å². The number of hydrogen-bond donors (Lipinski definition) is 2. The van der Waals surface area contributed by atoms with Crippen molar-refractivity contribution in [2.45, 2.75) is 45.6 Å². The number of nitrogens with one attached hydrogen (secondary N) is 2. The molecule has 1 fully saturated rings. The van der Waals surface area contributed by atoms with Crippen LogP contribution in [0.5, 0.6) is 5.75 Å².